The topological polar surface area (TPSA) is 133 Å². The number of hydrogen-bond acceptors (Lipinski definition) is 9. The lowest BCUT2D eigenvalue weighted by molar-refractivity contribution is 0.0615. The summed E-state index contributed by atoms with van der Waals surface area (Å²) in [6, 6.07) is 9.15. The Bertz CT molecular complexity index is 1500. The van der Waals surface area contributed by atoms with Gasteiger partial charge in [-0.15, -0.1) is 0 Å². The second kappa shape index (κ2) is 9.79. The largest absolute Gasteiger partial charge is 0.490 e. The Balaban J connectivity index is 1.55. The lowest BCUT2D eigenvalue weighted by atomic mass is 10.0. The molecule has 0 fully saturated rings. The summed E-state index contributed by atoms with van der Waals surface area (Å²) >= 11 is 0. The molecule has 36 heavy (non-hydrogen) atoms. The monoisotopic (exact) mass is 492 g/mol. The van der Waals surface area contributed by atoms with Crippen LogP contribution in [-0.4, -0.2) is 36.0 Å². The first-order valence-electron chi connectivity index (χ1n) is 11.2. The highest BCUT2D eigenvalue weighted by molar-refractivity contribution is 6.08. The van der Waals surface area contributed by atoms with Gasteiger partial charge in [-0.2, -0.15) is 0 Å². The molecule has 0 aliphatic rings. The van der Waals surface area contributed by atoms with Crippen LogP contribution in [0.3, 0.4) is 0 Å². The van der Waals surface area contributed by atoms with E-state index < -0.39 is 17.4 Å². The van der Waals surface area contributed by atoms with Crippen LogP contribution in [0.2, 0.25) is 0 Å². The van der Waals surface area contributed by atoms with Crippen LogP contribution in [0.4, 0.5) is 0 Å². The summed E-state index contributed by atoms with van der Waals surface area (Å²) in [5.74, 6) is -0.436. The number of ether oxygens (including phenoxy) is 2. The number of aliphatic hydroxyl groups excluding tert-OH is 1. The Morgan fingerprint density at radius 3 is 1.53 bits per heavy atom. The van der Waals surface area contributed by atoms with Crippen LogP contribution in [0, 0.1) is 13.8 Å². The van der Waals surface area contributed by atoms with Gasteiger partial charge in [-0.05, 0) is 63.1 Å². The third-order valence-corrected chi connectivity index (χ3v) is 5.73. The quantitative estimate of drug-likeness (QED) is 0.288. The van der Waals surface area contributed by atoms with Gasteiger partial charge in [0.05, 0.1) is 0 Å². The van der Waals surface area contributed by atoms with Gasteiger partial charge in [-0.1, -0.05) is 0 Å². The number of aryl methyl sites for hydroxylation is 2. The smallest absolute Gasteiger partial charge is 0.336 e. The molecule has 2 heterocycles. The normalized spacial score (nSPS) is 11.3. The van der Waals surface area contributed by atoms with Crippen LogP contribution in [-0.2, 0) is 0 Å². The van der Waals surface area contributed by atoms with E-state index in [0.717, 1.165) is 0 Å². The Morgan fingerprint density at radius 2 is 1.17 bits per heavy atom. The Morgan fingerprint density at radius 1 is 0.778 bits per heavy atom. The summed E-state index contributed by atoms with van der Waals surface area (Å²) in [6.07, 6.45) is -1.15. The van der Waals surface area contributed by atoms with E-state index in [4.69, 9.17) is 18.3 Å². The number of hydrogen-bond donors (Lipinski definition) is 1. The molecule has 9 heteroatoms. The first-order chi connectivity index (χ1) is 17.1. The standard InChI is InChI=1S/C27H24O9/c1-13-9-22(31)35-26-18(13)5-7-20(24(26)15(3)28)33-11-17(30)12-34-21-8-6-19-14(2)10-23(32)36-27(19)25(21)16(4)29/h5-10,17,30H,11-12H2,1-4H3. The van der Waals surface area contributed by atoms with Crippen LogP contribution in [0.1, 0.15) is 45.7 Å². The number of Topliss-reactive ketones (excluding diaryl/α,β-unsaturated/α-hetero) is 2. The highest BCUT2D eigenvalue weighted by atomic mass is 16.5. The first-order valence-corrected chi connectivity index (χ1v) is 11.2. The van der Waals surface area contributed by atoms with Gasteiger partial charge < -0.3 is 23.4 Å². The van der Waals surface area contributed by atoms with Crippen molar-refractivity contribution in [2.45, 2.75) is 33.8 Å². The van der Waals surface area contributed by atoms with Crippen LogP contribution in [0.5, 0.6) is 11.5 Å². The van der Waals surface area contributed by atoms with E-state index >= 15 is 0 Å². The van der Waals surface area contributed by atoms with Crippen molar-refractivity contribution in [3.63, 3.8) is 0 Å². The fraction of sp³-hybridized carbons (Fsp3) is 0.259. The molecule has 0 aliphatic heterocycles. The fourth-order valence-electron chi connectivity index (χ4n) is 4.06. The minimum absolute atomic E-state index is 0.0974. The van der Waals surface area contributed by atoms with Gasteiger partial charge in [-0.3, -0.25) is 9.59 Å². The minimum atomic E-state index is -1.15. The molecule has 4 aromatic rings. The van der Waals surface area contributed by atoms with E-state index in [1.54, 1.807) is 38.1 Å². The van der Waals surface area contributed by atoms with Crippen molar-refractivity contribution in [2.24, 2.45) is 0 Å². The highest BCUT2D eigenvalue weighted by Crippen LogP contribution is 2.31. The highest BCUT2D eigenvalue weighted by Gasteiger charge is 2.21. The average Bonchev–Trinajstić information content (AvgIpc) is 2.79. The van der Waals surface area contributed by atoms with Crippen LogP contribution in [0.15, 0.2) is 54.8 Å². The molecule has 9 nitrogen and oxygen atoms in total. The summed E-state index contributed by atoms with van der Waals surface area (Å²) in [6.45, 7) is 5.62. The van der Waals surface area contributed by atoms with Crippen molar-refractivity contribution in [3.8, 4) is 11.5 Å². The van der Waals surface area contributed by atoms with Gasteiger partial charge in [0.25, 0.3) is 0 Å². The SMILES string of the molecule is CC(=O)c1c(OCC(O)COc2ccc3c(C)cc(=O)oc3c2C(C)=O)ccc2c(C)cc(=O)oc12. The molecule has 2 aromatic heterocycles. The number of aliphatic hydroxyl groups is 1. The summed E-state index contributed by atoms with van der Waals surface area (Å²) in [5, 5.41) is 11.7. The molecule has 0 radical (unpaired) electrons. The summed E-state index contributed by atoms with van der Waals surface area (Å²) < 4.78 is 21.9. The number of benzene rings is 2. The average molecular weight is 492 g/mol. The second-order valence-electron chi connectivity index (χ2n) is 8.52. The van der Waals surface area contributed by atoms with Crippen LogP contribution >= 0.6 is 0 Å². The maximum Gasteiger partial charge on any atom is 0.336 e. The van der Waals surface area contributed by atoms with Crippen LogP contribution < -0.4 is 20.7 Å². The second-order valence-corrected chi connectivity index (χ2v) is 8.52. The molecule has 0 atom stereocenters. The van der Waals surface area contributed by atoms with Gasteiger partial charge in [0.1, 0.15) is 41.9 Å². The molecule has 0 amide bonds. The lowest BCUT2D eigenvalue weighted by Gasteiger charge is -2.17. The van der Waals surface area contributed by atoms with E-state index in [-0.39, 0.29) is 58.6 Å². The van der Waals surface area contributed by atoms with Crippen molar-refractivity contribution >= 4 is 33.5 Å². The number of rotatable bonds is 8. The van der Waals surface area contributed by atoms with Crippen LogP contribution in [0.25, 0.3) is 21.9 Å². The number of carbonyl (C=O) groups is 2. The summed E-state index contributed by atoms with van der Waals surface area (Å²) in [4.78, 5) is 48.3. The van der Waals surface area contributed by atoms with Crippen molar-refractivity contribution < 1.29 is 33.0 Å². The van der Waals surface area contributed by atoms with Gasteiger partial charge >= 0.3 is 11.3 Å². The summed E-state index contributed by atoms with van der Waals surface area (Å²) in [5.41, 5.74) is 0.578. The van der Waals surface area contributed by atoms with E-state index in [0.29, 0.717) is 21.9 Å². The number of fused-ring (bicyclic) bond motifs is 2. The zero-order valence-electron chi connectivity index (χ0n) is 20.2. The van der Waals surface area contributed by atoms with E-state index in [2.05, 4.69) is 0 Å². The minimum Gasteiger partial charge on any atom is -0.490 e. The van der Waals surface area contributed by atoms with Gasteiger partial charge in [0.2, 0.25) is 0 Å². The van der Waals surface area contributed by atoms with E-state index in [9.17, 15) is 24.3 Å². The zero-order chi connectivity index (χ0) is 26.1. The van der Waals surface area contributed by atoms with Gasteiger partial charge in [0.15, 0.2) is 22.7 Å². The summed E-state index contributed by atoms with van der Waals surface area (Å²) in [7, 11) is 0. The van der Waals surface area contributed by atoms with Gasteiger partial charge in [-0.25, -0.2) is 9.59 Å². The first kappa shape index (κ1) is 24.9. The van der Waals surface area contributed by atoms with E-state index in [1.165, 1.54) is 26.0 Å². The molecule has 0 aliphatic carbocycles. The molecule has 1 N–H and O–H groups in total. The Labute approximate surface area is 204 Å². The maximum atomic E-state index is 12.3. The van der Waals surface area contributed by atoms with Crippen molar-refractivity contribution in [1.29, 1.82) is 0 Å². The van der Waals surface area contributed by atoms with Gasteiger partial charge in [0, 0.05) is 22.9 Å². The van der Waals surface area contributed by atoms with Crippen molar-refractivity contribution in [2.75, 3.05) is 13.2 Å². The third-order valence-electron chi connectivity index (χ3n) is 5.73. The predicted molar refractivity (Wildman–Crippen MR) is 131 cm³/mol. The third kappa shape index (κ3) is 4.78. The Kier molecular flexibility index (Phi) is 6.76. The lowest BCUT2D eigenvalue weighted by Crippen LogP contribution is -2.26. The predicted octanol–water partition coefficient (Wildman–Crippen LogP) is 3.74. The molecule has 0 spiro atoms. The zero-order valence-corrected chi connectivity index (χ0v) is 20.2. The molecule has 0 bridgehead atoms. The molecule has 0 unspecified atom stereocenters. The molecule has 0 saturated carbocycles. The fourth-order valence-corrected chi connectivity index (χ4v) is 4.06. The van der Waals surface area contributed by atoms with Crippen molar-refractivity contribution in [3.05, 3.63) is 79.5 Å². The Hall–Kier alpha value is -4.24. The molecule has 2 aromatic carbocycles. The molecule has 186 valence electrons. The maximum absolute atomic E-state index is 12.3. The molecule has 4 rings (SSSR count). The van der Waals surface area contributed by atoms with E-state index in [1.807, 2.05) is 0 Å². The molecular formula is C27H24O9. The molecular weight excluding hydrogens is 468 g/mol. The molecule has 0 saturated heterocycles. The number of ketones is 2. The van der Waals surface area contributed by atoms with Crippen molar-refractivity contribution in [1.82, 2.24) is 0 Å². The number of carbonyl (C=O) groups excluding carboxylic acids is 2.